The van der Waals surface area contributed by atoms with Crippen molar-refractivity contribution in [3.63, 3.8) is 0 Å². The number of carboxylic acid groups (broad SMARTS) is 1. The van der Waals surface area contributed by atoms with E-state index in [1.54, 1.807) is 0 Å². The summed E-state index contributed by atoms with van der Waals surface area (Å²) in [6.45, 7) is -0.956. The molecule has 0 aromatic heterocycles. The summed E-state index contributed by atoms with van der Waals surface area (Å²) in [6.07, 6.45) is 4.36. The molecule has 2 aromatic carbocycles. The first kappa shape index (κ1) is 23.3. The van der Waals surface area contributed by atoms with Gasteiger partial charge in [-0.1, -0.05) is 48.5 Å². The Bertz CT molecular complexity index is 1060. The van der Waals surface area contributed by atoms with Crippen molar-refractivity contribution in [3.05, 3.63) is 59.7 Å². The normalized spacial score (nSPS) is 12.5. The molecule has 9 nitrogen and oxygen atoms in total. The molecule has 1 unspecified atom stereocenters. The van der Waals surface area contributed by atoms with Crippen LogP contribution in [-0.4, -0.2) is 54.7 Å². The van der Waals surface area contributed by atoms with Gasteiger partial charge in [-0.25, -0.2) is 4.79 Å². The fourth-order valence-corrected chi connectivity index (χ4v) is 3.64. The average Bonchev–Trinajstić information content (AvgIpc) is 3.13. The number of fused-ring (bicyclic) bond motifs is 3. The highest BCUT2D eigenvalue weighted by Crippen LogP contribution is 2.44. The monoisotopic (exact) mass is 449 g/mol. The standard InChI is InChI=1S/C24H23N3O6/c1-2-7-20(23(31)26-12-21(28)25-13-22(29)30)27-24(32)33-14-19-17-10-5-3-8-15(17)16-9-4-6-11-18(16)19/h1,3-6,8-11,19-20H,7,12-14H2,(H,25,28)(H,26,31)(H,27,32)(H,29,30). The molecule has 0 bridgehead atoms. The Balaban J connectivity index is 1.56. The lowest BCUT2D eigenvalue weighted by molar-refractivity contribution is -0.137. The third kappa shape index (κ3) is 5.89. The number of carbonyl (C=O) groups excluding carboxylic acids is 3. The van der Waals surface area contributed by atoms with Crippen LogP contribution in [0.2, 0.25) is 0 Å². The number of carboxylic acids is 1. The van der Waals surface area contributed by atoms with Gasteiger partial charge < -0.3 is 25.8 Å². The molecule has 1 aliphatic rings. The molecule has 0 heterocycles. The van der Waals surface area contributed by atoms with E-state index in [2.05, 4.69) is 21.9 Å². The maximum absolute atomic E-state index is 12.4. The molecule has 0 radical (unpaired) electrons. The van der Waals surface area contributed by atoms with E-state index in [0.29, 0.717) is 0 Å². The number of amides is 3. The van der Waals surface area contributed by atoms with Crippen LogP contribution in [-0.2, 0) is 19.1 Å². The topological polar surface area (TPSA) is 134 Å². The van der Waals surface area contributed by atoms with E-state index in [-0.39, 0.29) is 18.9 Å². The van der Waals surface area contributed by atoms with Crippen molar-refractivity contribution in [1.29, 1.82) is 0 Å². The zero-order valence-electron chi connectivity index (χ0n) is 17.7. The fraction of sp³-hybridized carbons (Fsp3) is 0.250. The first-order valence-corrected chi connectivity index (χ1v) is 10.2. The van der Waals surface area contributed by atoms with Crippen LogP contribution < -0.4 is 16.0 Å². The second-order valence-corrected chi connectivity index (χ2v) is 7.32. The molecule has 9 heteroatoms. The predicted molar refractivity (Wildman–Crippen MR) is 119 cm³/mol. The minimum atomic E-state index is -1.21. The molecule has 2 aromatic rings. The van der Waals surface area contributed by atoms with Crippen molar-refractivity contribution >= 4 is 23.9 Å². The highest BCUT2D eigenvalue weighted by Gasteiger charge is 2.29. The van der Waals surface area contributed by atoms with Crippen LogP contribution in [0.25, 0.3) is 11.1 Å². The number of aliphatic carboxylic acids is 1. The lowest BCUT2D eigenvalue weighted by Crippen LogP contribution is -2.49. The highest BCUT2D eigenvalue weighted by molar-refractivity contribution is 5.90. The van der Waals surface area contributed by atoms with E-state index in [4.69, 9.17) is 16.3 Å². The third-order valence-corrected chi connectivity index (χ3v) is 5.13. The molecule has 0 fully saturated rings. The van der Waals surface area contributed by atoms with Gasteiger partial charge in [0.15, 0.2) is 0 Å². The highest BCUT2D eigenvalue weighted by atomic mass is 16.5. The molecule has 0 saturated carbocycles. The van der Waals surface area contributed by atoms with E-state index < -0.39 is 43.0 Å². The van der Waals surface area contributed by atoms with Gasteiger partial charge in [0.1, 0.15) is 19.2 Å². The Hall–Kier alpha value is -4.32. The van der Waals surface area contributed by atoms with Gasteiger partial charge in [-0.05, 0) is 22.3 Å². The van der Waals surface area contributed by atoms with Crippen LogP contribution in [0, 0.1) is 12.3 Å². The van der Waals surface area contributed by atoms with Crippen LogP contribution in [0.1, 0.15) is 23.5 Å². The first-order valence-electron chi connectivity index (χ1n) is 10.2. The predicted octanol–water partition coefficient (Wildman–Crippen LogP) is 1.23. The quantitative estimate of drug-likeness (QED) is 0.426. The summed E-state index contributed by atoms with van der Waals surface area (Å²) in [5.74, 6) is -0.430. The Labute approximate surface area is 190 Å². The molecule has 0 spiro atoms. The summed E-state index contributed by atoms with van der Waals surface area (Å²) >= 11 is 0. The van der Waals surface area contributed by atoms with E-state index in [9.17, 15) is 19.2 Å². The van der Waals surface area contributed by atoms with Gasteiger partial charge in [0, 0.05) is 12.3 Å². The largest absolute Gasteiger partial charge is 0.480 e. The summed E-state index contributed by atoms with van der Waals surface area (Å²) in [5, 5.41) is 15.4. The summed E-state index contributed by atoms with van der Waals surface area (Å²) in [6, 6.07) is 14.7. The first-order chi connectivity index (χ1) is 15.9. The van der Waals surface area contributed by atoms with Gasteiger partial charge in [0.25, 0.3) is 0 Å². The van der Waals surface area contributed by atoms with E-state index in [0.717, 1.165) is 22.3 Å². The Morgan fingerprint density at radius 1 is 0.970 bits per heavy atom. The molecule has 3 amide bonds. The van der Waals surface area contributed by atoms with E-state index in [1.165, 1.54) is 0 Å². The molecule has 1 aliphatic carbocycles. The van der Waals surface area contributed by atoms with Crippen molar-refractivity contribution in [2.45, 2.75) is 18.4 Å². The average molecular weight is 449 g/mol. The summed E-state index contributed by atoms with van der Waals surface area (Å²) in [5.41, 5.74) is 4.29. The van der Waals surface area contributed by atoms with Crippen molar-refractivity contribution in [1.82, 2.24) is 16.0 Å². The van der Waals surface area contributed by atoms with Crippen molar-refractivity contribution in [3.8, 4) is 23.5 Å². The number of hydrogen-bond acceptors (Lipinski definition) is 5. The number of carbonyl (C=O) groups is 4. The zero-order valence-corrected chi connectivity index (χ0v) is 17.7. The van der Waals surface area contributed by atoms with Crippen LogP contribution in [0.3, 0.4) is 0 Å². The lowest BCUT2D eigenvalue weighted by Gasteiger charge is -2.18. The lowest BCUT2D eigenvalue weighted by atomic mass is 9.98. The number of alkyl carbamates (subject to hydrolysis) is 1. The van der Waals surface area contributed by atoms with Crippen molar-refractivity contribution < 1.29 is 29.0 Å². The van der Waals surface area contributed by atoms with Crippen molar-refractivity contribution in [2.24, 2.45) is 0 Å². The molecular formula is C24H23N3O6. The molecule has 4 N–H and O–H groups in total. The van der Waals surface area contributed by atoms with Gasteiger partial charge in [0.2, 0.25) is 11.8 Å². The summed E-state index contributed by atoms with van der Waals surface area (Å²) in [7, 11) is 0. The summed E-state index contributed by atoms with van der Waals surface area (Å²) < 4.78 is 5.41. The molecule has 3 rings (SSSR count). The van der Waals surface area contributed by atoms with Crippen LogP contribution in [0.5, 0.6) is 0 Å². The van der Waals surface area contributed by atoms with Gasteiger partial charge in [-0.3, -0.25) is 14.4 Å². The maximum atomic E-state index is 12.4. The minimum absolute atomic E-state index is 0.0713. The molecule has 1 atom stereocenters. The number of hydrogen-bond donors (Lipinski definition) is 4. The second kappa shape index (κ2) is 10.8. The third-order valence-electron chi connectivity index (χ3n) is 5.13. The maximum Gasteiger partial charge on any atom is 0.407 e. The van der Waals surface area contributed by atoms with Gasteiger partial charge in [0.05, 0.1) is 6.54 Å². The Morgan fingerprint density at radius 3 is 2.15 bits per heavy atom. The summed E-state index contributed by atoms with van der Waals surface area (Å²) in [4.78, 5) is 46.8. The Morgan fingerprint density at radius 2 is 1.58 bits per heavy atom. The smallest absolute Gasteiger partial charge is 0.407 e. The second-order valence-electron chi connectivity index (χ2n) is 7.32. The van der Waals surface area contributed by atoms with Gasteiger partial charge in [-0.15, -0.1) is 12.3 Å². The SMILES string of the molecule is C#CCC(NC(=O)OCC1c2ccccc2-c2ccccc21)C(=O)NCC(=O)NCC(=O)O. The van der Waals surface area contributed by atoms with E-state index >= 15 is 0 Å². The molecule has 170 valence electrons. The minimum Gasteiger partial charge on any atom is -0.480 e. The molecule has 0 saturated heterocycles. The number of nitrogens with one attached hydrogen (secondary N) is 3. The van der Waals surface area contributed by atoms with Gasteiger partial charge in [-0.2, -0.15) is 0 Å². The van der Waals surface area contributed by atoms with E-state index in [1.807, 2.05) is 48.5 Å². The van der Waals surface area contributed by atoms with Gasteiger partial charge >= 0.3 is 12.1 Å². The Kier molecular flexibility index (Phi) is 7.65. The van der Waals surface area contributed by atoms with Crippen LogP contribution in [0.15, 0.2) is 48.5 Å². The molecular weight excluding hydrogens is 426 g/mol. The fourth-order valence-electron chi connectivity index (χ4n) is 3.64. The van der Waals surface area contributed by atoms with Crippen molar-refractivity contribution in [2.75, 3.05) is 19.7 Å². The molecule has 33 heavy (non-hydrogen) atoms. The number of rotatable bonds is 9. The van der Waals surface area contributed by atoms with Crippen LogP contribution >= 0.6 is 0 Å². The zero-order chi connectivity index (χ0) is 23.8. The molecule has 0 aliphatic heterocycles. The number of ether oxygens (including phenoxy) is 1. The number of terminal acetylenes is 1. The van der Waals surface area contributed by atoms with Crippen LogP contribution in [0.4, 0.5) is 4.79 Å². The number of benzene rings is 2.